The number of carbonyl (C=O) groups is 1. The highest BCUT2D eigenvalue weighted by molar-refractivity contribution is 5.93. The molecule has 0 unspecified atom stereocenters. The number of nitrogens with one attached hydrogen (secondary N) is 1. The van der Waals surface area contributed by atoms with Gasteiger partial charge in [-0.1, -0.05) is 24.3 Å². The second-order valence-electron chi connectivity index (χ2n) is 6.46. The Balaban J connectivity index is 1.67. The average molecular weight is 337 g/mol. The Labute approximate surface area is 148 Å². The summed E-state index contributed by atoms with van der Waals surface area (Å²) >= 11 is 0. The summed E-state index contributed by atoms with van der Waals surface area (Å²) in [6.07, 6.45) is 1.33. The first kappa shape index (κ1) is 17.2. The van der Waals surface area contributed by atoms with Crippen molar-refractivity contribution in [1.82, 2.24) is 14.7 Å². The van der Waals surface area contributed by atoms with E-state index < -0.39 is 0 Å². The summed E-state index contributed by atoms with van der Waals surface area (Å²) in [6, 6.07) is 12.1. The largest absolute Gasteiger partial charge is 0.310 e. The van der Waals surface area contributed by atoms with Gasteiger partial charge in [-0.25, -0.2) is 4.68 Å². The third-order valence-electron chi connectivity index (χ3n) is 4.68. The maximum atomic E-state index is 12.7. The van der Waals surface area contributed by atoms with Crippen LogP contribution < -0.4 is 5.32 Å². The van der Waals surface area contributed by atoms with Gasteiger partial charge in [-0.05, 0) is 31.4 Å². The monoisotopic (exact) mass is 337 g/mol. The van der Waals surface area contributed by atoms with E-state index in [1.165, 1.54) is 11.1 Å². The predicted molar refractivity (Wildman–Crippen MR) is 95.8 cm³/mol. The zero-order chi connectivity index (χ0) is 17.8. The van der Waals surface area contributed by atoms with E-state index in [2.05, 4.69) is 39.6 Å². The Morgan fingerprint density at radius 3 is 2.92 bits per heavy atom. The van der Waals surface area contributed by atoms with Crippen molar-refractivity contribution in [2.24, 2.45) is 0 Å². The van der Waals surface area contributed by atoms with Crippen molar-refractivity contribution in [2.75, 3.05) is 11.9 Å². The zero-order valence-corrected chi connectivity index (χ0v) is 14.7. The van der Waals surface area contributed by atoms with E-state index in [9.17, 15) is 4.79 Å². The van der Waals surface area contributed by atoms with Crippen molar-refractivity contribution in [3.05, 3.63) is 47.2 Å². The molecule has 0 aliphatic carbocycles. The lowest BCUT2D eigenvalue weighted by Crippen LogP contribution is -2.44. The van der Waals surface area contributed by atoms with E-state index >= 15 is 0 Å². The first-order valence-electron chi connectivity index (χ1n) is 8.61. The number of anilines is 1. The average Bonchev–Trinajstić information content (AvgIpc) is 2.97. The van der Waals surface area contributed by atoms with Gasteiger partial charge in [-0.15, -0.1) is 0 Å². The van der Waals surface area contributed by atoms with Gasteiger partial charge in [-0.2, -0.15) is 10.4 Å². The number of hydrogen-bond donors (Lipinski definition) is 1. The molecule has 0 spiro atoms. The summed E-state index contributed by atoms with van der Waals surface area (Å²) in [5.41, 5.74) is 3.49. The molecule has 0 fully saturated rings. The number of benzene rings is 1. The van der Waals surface area contributed by atoms with E-state index in [0.717, 1.165) is 25.2 Å². The first-order valence-corrected chi connectivity index (χ1v) is 8.61. The molecular weight excluding hydrogens is 314 g/mol. The molecule has 1 atom stereocenters. The molecule has 130 valence electrons. The molecule has 6 heteroatoms. The minimum absolute atomic E-state index is 0.0440. The minimum Gasteiger partial charge on any atom is -0.310 e. The molecule has 1 aliphatic heterocycles. The van der Waals surface area contributed by atoms with Crippen LogP contribution in [0.3, 0.4) is 0 Å². The molecule has 1 amide bonds. The van der Waals surface area contributed by atoms with Crippen LogP contribution in [0, 0.1) is 18.3 Å². The minimum atomic E-state index is -0.229. The molecule has 1 aromatic carbocycles. The van der Waals surface area contributed by atoms with Crippen LogP contribution in [-0.4, -0.2) is 33.2 Å². The van der Waals surface area contributed by atoms with Crippen molar-refractivity contribution >= 4 is 11.7 Å². The predicted octanol–water partition coefficient (Wildman–Crippen LogP) is 2.49. The van der Waals surface area contributed by atoms with Crippen LogP contribution in [0.15, 0.2) is 30.3 Å². The Bertz CT molecular complexity index is 804. The van der Waals surface area contributed by atoms with Gasteiger partial charge in [0.25, 0.3) is 0 Å². The fourth-order valence-corrected chi connectivity index (χ4v) is 3.22. The lowest BCUT2D eigenvalue weighted by Gasteiger charge is -2.32. The Morgan fingerprint density at radius 1 is 1.40 bits per heavy atom. The Hall–Kier alpha value is -2.65. The smallest absolute Gasteiger partial charge is 0.242 e. The fraction of sp³-hybridized carbons (Fsp3) is 0.421. The molecule has 0 bridgehead atoms. The van der Waals surface area contributed by atoms with Crippen molar-refractivity contribution < 1.29 is 4.79 Å². The van der Waals surface area contributed by atoms with Crippen molar-refractivity contribution in [2.45, 2.75) is 45.8 Å². The van der Waals surface area contributed by atoms with Crippen molar-refractivity contribution in [3.63, 3.8) is 0 Å². The van der Waals surface area contributed by atoms with Crippen LogP contribution in [0.2, 0.25) is 0 Å². The lowest BCUT2D eigenvalue weighted by molar-refractivity contribution is -0.121. The van der Waals surface area contributed by atoms with Crippen LogP contribution in [0.1, 0.15) is 30.2 Å². The summed E-state index contributed by atoms with van der Waals surface area (Å²) in [4.78, 5) is 14.9. The van der Waals surface area contributed by atoms with E-state index in [-0.39, 0.29) is 11.9 Å². The van der Waals surface area contributed by atoms with E-state index in [1.54, 1.807) is 4.68 Å². The molecule has 0 saturated heterocycles. The Morgan fingerprint density at radius 2 is 2.16 bits per heavy atom. The number of nitrogens with zero attached hydrogens (tertiary/aromatic N) is 4. The van der Waals surface area contributed by atoms with Gasteiger partial charge in [-0.3, -0.25) is 9.69 Å². The molecule has 25 heavy (non-hydrogen) atoms. The van der Waals surface area contributed by atoms with Gasteiger partial charge < -0.3 is 5.32 Å². The lowest BCUT2D eigenvalue weighted by atomic mass is 9.99. The van der Waals surface area contributed by atoms with Crippen molar-refractivity contribution in [1.29, 1.82) is 5.26 Å². The van der Waals surface area contributed by atoms with Crippen LogP contribution >= 0.6 is 0 Å². The highest BCUT2D eigenvalue weighted by Crippen LogP contribution is 2.21. The van der Waals surface area contributed by atoms with Crippen LogP contribution in [0.4, 0.5) is 5.82 Å². The molecule has 1 N–H and O–H groups in total. The Kier molecular flexibility index (Phi) is 5.15. The van der Waals surface area contributed by atoms with Crippen LogP contribution in [0.5, 0.6) is 0 Å². The molecule has 2 aromatic rings. The summed E-state index contributed by atoms with van der Waals surface area (Å²) in [5, 5.41) is 16.1. The zero-order valence-electron chi connectivity index (χ0n) is 14.7. The maximum Gasteiger partial charge on any atom is 0.242 e. The molecule has 6 nitrogen and oxygen atoms in total. The second-order valence-corrected chi connectivity index (χ2v) is 6.46. The van der Waals surface area contributed by atoms with Gasteiger partial charge in [0.05, 0.1) is 30.8 Å². The molecular formula is C19H23N5O. The van der Waals surface area contributed by atoms with Crippen LogP contribution in [0.25, 0.3) is 0 Å². The number of nitriles is 1. The first-order chi connectivity index (χ1) is 12.1. The summed E-state index contributed by atoms with van der Waals surface area (Å²) in [6.45, 7) is 5.96. The standard InChI is InChI=1S/C19H23N5O/c1-14-12-18(24(22-14)10-5-9-20)21-19(25)15(2)23-11-8-16-6-3-4-7-17(16)13-23/h3-4,6-7,12,15H,5,8,10-11,13H2,1-2H3,(H,21,25)/t15-/m1/s1. The number of carbonyl (C=O) groups excluding carboxylic acids is 1. The fourth-order valence-electron chi connectivity index (χ4n) is 3.22. The van der Waals surface area contributed by atoms with Gasteiger partial charge in [0.15, 0.2) is 0 Å². The summed E-state index contributed by atoms with van der Waals surface area (Å²) < 4.78 is 1.69. The third kappa shape index (κ3) is 3.89. The molecule has 1 aromatic heterocycles. The van der Waals surface area contributed by atoms with Crippen molar-refractivity contribution in [3.8, 4) is 6.07 Å². The molecule has 3 rings (SSSR count). The number of hydrogen-bond acceptors (Lipinski definition) is 4. The van der Waals surface area contributed by atoms with E-state index in [0.29, 0.717) is 18.8 Å². The third-order valence-corrected chi connectivity index (χ3v) is 4.68. The van der Waals surface area contributed by atoms with Gasteiger partial charge in [0.1, 0.15) is 5.82 Å². The second kappa shape index (κ2) is 7.49. The van der Waals surface area contributed by atoms with Crippen LogP contribution in [-0.2, 0) is 24.3 Å². The number of aryl methyl sites for hydroxylation is 2. The van der Waals surface area contributed by atoms with E-state index in [1.807, 2.05) is 26.0 Å². The number of fused-ring (bicyclic) bond motifs is 1. The number of amides is 1. The highest BCUT2D eigenvalue weighted by Gasteiger charge is 2.25. The molecule has 2 heterocycles. The number of rotatable bonds is 5. The normalized spacial score (nSPS) is 15.2. The quantitative estimate of drug-likeness (QED) is 0.910. The maximum absolute atomic E-state index is 12.7. The molecule has 0 radical (unpaired) electrons. The van der Waals surface area contributed by atoms with Gasteiger partial charge in [0, 0.05) is 19.2 Å². The summed E-state index contributed by atoms with van der Waals surface area (Å²) in [7, 11) is 0. The van der Waals surface area contributed by atoms with Gasteiger partial charge in [0.2, 0.25) is 5.91 Å². The van der Waals surface area contributed by atoms with Gasteiger partial charge >= 0.3 is 0 Å². The highest BCUT2D eigenvalue weighted by atomic mass is 16.2. The topological polar surface area (TPSA) is 74.0 Å². The summed E-state index contributed by atoms with van der Waals surface area (Å²) in [5.74, 6) is 0.611. The van der Waals surface area contributed by atoms with E-state index in [4.69, 9.17) is 5.26 Å². The SMILES string of the molecule is Cc1cc(NC(=O)[C@@H](C)N2CCc3ccccc3C2)n(CCC#N)n1. The molecule has 1 aliphatic rings. The number of aromatic nitrogens is 2. The molecule has 0 saturated carbocycles.